The van der Waals surface area contributed by atoms with Crippen molar-refractivity contribution in [3.05, 3.63) is 53.9 Å². The first-order valence-corrected chi connectivity index (χ1v) is 8.26. The van der Waals surface area contributed by atoms with Crippen molar-refractivity contribution in [3.63, 3.8) is 0 Å². The summed E-state index contributed by atoms with van der Waals surface area (Å²) in [5.41, 5.74) is 2.04. The summed E-state index contributed by atoms with van der Waals surface area (Å²) in [5.74, 6) is 0.640. The molecule has 2 aromatic heterocycles. The SMILES string of the molecule is CN(C)c1ccnc(CSc2cc3cc(C(F)(F)F)ccc3[nH]2)c1. The van der Waals surface area contributed by atoms with Crippen molar-refractivity contribution < 1.29 is 13.2 Å². The van der Waals surface area contributed by atoms with Crippen molar-refractivity contribution >= 4 is 28.4 Å². The molecule has 0 radical (unpaired) electrons. The van der Waals surface area contributed by atoms with Crippen LogP contribution < -0.4 is 4.90 Å². The van der Waals surface area contributed by atoms with Crippen LogP contribution in [0.2, 0.25) is 0 Å². The van der Waals surface area contributed by atoms with Crippen molar-refractivity contribution in [1.29, 1.82) is 0 Å². The van der Waals surface area contributed by atoms with E-state index in [1.807, 2.05) is 31.1 Å². The molecule has 0 fully saturated rings. The molecule has 24 heavy (non-hydrogen) atoms. The second-order valence-electron chi connectivity index (χ2n) is 5.62. The number of pyridine rings is 1. The summed E-state index contributed by atoms with van der Waals surface area (Å²) in [6.07, 6.45) is -2.57. The van der Waals surface area contributed by atoms with E-state index in [0.717, 1.165) is 22.5 Å². The Bertz CT molecular complexity index is 856. The summed E-state index contributed by atoms with van der Waals surface area (Å²) in [6.45, 7) is 0. The van der Waals surface area contributed by atoms with Crippen LogP contribution >= 0.6 is 11.8 Å². The van der Waals surface area contributed by atoms with Gasteiger partial charge in [0, 0.05) is 42.6 Å². The van der Waals surface area contributed by atoms with Gasteiger partial charge in [0.1, 0.15) is 0 Å². The quantitative estimate of drug-likeness (QED) is 0.676. The van der Waals surface area contributed by atoms with Crippen molar-refractivity contribution in [2.45, 2.75) is 17.0 Å². The third-order valence-electron chi connectivity index (χ3n) is 3.62. The van der Waals surface area contributed by atoms with E-state index in [4.69, 9.17) is 0 Å². The second kappa shape index (κ2) is 6.39. The average Bonchev–Trinajstić information content (AvgIpc) is 2.94. The second-order valence-corrected chi connectivity index (χ2v) is 6.64. The van der Waals surface area contributed by atoms with Gasteiger partial charge in [0.2, 0.25) is 0 Å². The Hall–Kier alpha value is -2.15. The largest absolute Gasteiger partial charge is 0.416 e. The molecule has 0 aliphatic heterocycles. The van der Waals surface area contributed by atoms with Crippen LogP contribution in [0.5, 0.6) is 0 Å². The summed E-state index contributed by atoms with van der Waals surface area (Å²) in [6, 6.07) is 9.39. The Morgan fingerprint density at radius 3 is 2.62 bits per heavy atom. The highest BCUT2D eigenvalue weighted by Gasteiger charge is 2.30. The molecule has 0 aliphatic carbocycles. The number of aromatic nitrogens is 2. The molecule has 0 spiro atoms. The van der Waals surface area contributed by atoms with Crippen molar-refractivity contribution in [3.8, 4) is 0 Å². The fourth-order valence-electron chi connectivity index (χ4n) is 2.33. The number of alkyl halides is 3. The molecule has 2 heterocycles. The van der Waals surface area contributed by atoms with Gasteiger partial charge in [-0.2, -0.15) is 13.2 Å². The molecular weight excluding hydrogens is 335 g/mol. The number of hydrogen-bond donors (Lipinski definition) is 1. The first-order chi connectivity index (χ1) is 11.3. The van der Waals surface area contributed by atoms with E-state index in [1.54, 1.807) is 12.3 Å². The van der Waals surface area contributed by atoms with Gasteiger partial charge in [0.15, 0.2) is 0 Å². The van der Waals surface area contributed by atoms with Gasteiger partial charge in [-0.05, 0) is 36.4 Å². The fourth-order valence-corrected chi connectivity index (χ4v) is 3.19. The number of hydrogen-bond acceptors (Lipinski definition) is 3. The lowest BCUT2D eigenvalue weighted by atomic mass is 10.1. The summed E-state index contributed by atoms with van der Waals surface area (Å²) in [4.78, 5) is 9.46. The minimum Gasteiger partial charge on any atom is -0.378 e. The van der Waals surface area contributed by atoms with Gasteiger partial charge in [-0.3, -0.25) is 4.98 Å². The minimum absolute atomic E-state index is 0.558. The van der Waals surface area contributed by atoms with Crippen LogP contribution in [0.3, 0.4) is 0 Å². The molecule has 1 aromatic carbocycles. The molecule has 0 atom stereocenters. The first-order valence-electron chi connectivity index (χ1n) is 7.28. The number of aromatic amines is 1. The number of benzene rings is 1. The molecule has 0 bridgehead atoms. The standard InChI is InChI=1S/C17H16F3N3S/c1-23(2)14-5-6-21-13(9-14)10-24-16-8-11-7-12(17(18,19)20)3-4-15(11)22-16/h3-9,22H,10H2,1-2H3. The lowest BCUT2D eigenvalue weighted by molar-refractivity contribution is -0.137. The maximum absolute atomic E-state index is 12.8. The third kappa shape index (κ3) is 3.67. The lowest BCUT2D eigenvalue weighted by Crippen LogP contribution is -2.09. The normalized spacial score (nSPS) is 11.9. The van der Waals surface area contributed by atoms with Crippen LogP contribution in [0.25, 0.3) is 10.9 Å². The number of H-pyrrole nitrogens is 1. The Balaban J connectivity index is 1.77. The Morgan fingerprint density at radius 1 is 1.12 bits per heavy atom. The van der Waals surface area contributed by atoms with Crippen molar-refractivity contribution in [2.24, 2.45) is 0 Å². The zero-order chi connectivity index (χ0) is 17.3. The summed E-state index contributed by atoms with van der Waals surface area (Å²) >= 11 is 1.52. The fraction of sp³-hybridized carbons (Fsp3) is 0.235. The number of thioether (sulfide) groups is 1. The van der Waals surface area contributed by atoms with Gasteiger partial charge in [-0.1, -0.05) is 0 Å². The van der Waals surface area contributed by atoms with E-state index in [2.05, 4.69) is 9.97 Å². The Labute approximate surface area is 141 Å². The van der Waals surface area contributed by atoms with Gasteiger partial charge in [0.05, 0.1) is 16.3 Å². The molecule has 0 saturated heterocycles. The van der Waals surface area contributed by atoms with E-state index < -0.39 is 11.7 Å². The van der Waals surface area contributed by atoms with Gasteiger partial charge >= 0.3 is 6.18 Å². The summed E-state index contributed by atoms with van der Waals surface area (Å²) < 4.78 is 38.3. The van der Waals surface area contributed by atoms with Crippen LogP contribution in [0.1, 0.15) is 11.3 Å². The average molecular weight is 351 g/mol. The van der Waals surface area contributed by atoms with Crippen LogP contribution in [-0.2, 0) is 11.9 Å². The van der Waals surface area contributed by atoms with E-state index in [1.165, 1.54) is 23.9 Å². The molecule has 0 aliphatic rings. The highest BCUT2D eigenvalue weighted by Crippen LogP contribution is 2.33. The maximum atomic E-state index is 12.8. The van der Waals surface area contributed by atoms with Gasteiger partial charge in [-0.15, -0.1) is 11.8 Å². The monoisotopic (exact) mass is 351 g/mol. The molecular formula is C17H16F3N3S. The molecule has 3 rings (SSSR count). The third-order valence-corrected chi connectivity index (χ3v) is 4.59. The van der Waals surface area contributed by atoms with E-state index in [0.29, 0.717) is 16.7 Å². The minimum atomic E-state index is -4.32. The maximum Gasteiger partial charge on any atom is 0.416 e. The van der Waals surface area contributed by atoms with Crippen molar-refractivity contribution in [2.75, 3.05) is 19.0 Å². The number of nitrogens with zero attached hydrogens (tertiary/aromatic N) is 2. The molecule has 126 valence electrons. The number of rotatable bonds is 4. The Morgan fingerprint density at radius 2 is 1.92 bits per heavy atom. The lowest BCUT2D eigenvalue weighted by Gasteiger charge is -2.12. The van der Waals surface area contributed by atoms with Crippen LogP contribution in [0.4, 0.5) is 18.9 Å². The van der Waals surface area contributed by atoms with Crippen LogP contribution in [0.15, 0.2) is 47.6 Å². The number of fused-ring (bicyclic) bond motifs is 1. The molecule has 3 aromatic rings. The van der Waals surface area contributed by atoms with Crippen LogP contribution in [-0.4, -0.2) is 24.1 Å². The Kier molecular flexibility index (Phi) is 4.45. The van der Waals surface area contributed by atoms with E-state index >= 15 is 0 Å². The summed E-state index contributed by atoms with van der Waals surface area (Å²) in [5, 5.41) is 1.38. The molecule has 1 N–H and O–H groups in total. The van der Waals surface area contributed by atoms with Gasteiger partial charge in [0.25, 0.3) is 0 Å². The van der Waals surface area contributed by atoms with E-state index in [9.17, 15) is 13.2 Å². The first kappa shape index (κ1) is 16.7. The molecule has 3 nitrogen and oxygen atoms in total. The predicted molar refractivity (Wildman–Crippen MR) is 91.4 cm³/mol. The van der Waals surface area contributed by atoms with Gasteiger partial charge in [-0.25, -0.2) is 0 Å². The zero-order valence-corrected chi connectivity index (χ0v) is 14.0. The molecule has 7 heteroatoms. The molecule has 0 saturated carbocycles. The molecule has 0 amide bonds. The highest BCUT2D eigenvalue weighted by molar-refractivity contribution is 7.98. The number of anilines is 1. The van der Waals surface area contributed by atoms with E-state index in [-0.39, 0.29) is 0 Å². The predicted octanol–water partition coefficient (Wildman–Crippen LogP) is 4.94. The smallest absolute Gasteiger partial charge is 0.378 e. The molecule has 0 unspecified atom stereocenters. The number of halogens is 3. The highest BCUT2D eigenvalue weighted by atomic mass is 32.2. The van der Waals surface area contributed by atoms with Crippen molar-refractivity contribution in [1.82, 2.24) is 9.97 Å². The number of nitrogens with one attached hydrogen (secondary N) is 1. The summed E-state index contributed by atoms with van der Waals surface area (Å²) in [7, 11) is 3.92. The zero-order valence-electron chi connectivity index (χ0n) is 13.2. The van der Waals surface area contributed by atoms with Crippen LogP contribution in [0, 0.1) is 0 Å². The van der Waals surface area contributed by atoms with Gasteiger partial charge < -0.3 is 9.88 Å². The topological polar surface area (TPSA) is 31.9 Å².